The second-order valence-electron chi connectivity index (χ2n) is 5.82. The van der Waals surface area contributed by atoms with Crippen molar-refractivity contribution in [1.82, 2.24) is 0 Å². The summed E-state index contributed by atoms with van der Waals surface area (Å²) in [6.45, 7) is 6.44. The molecule has 0 spiro atoms. The smallest absolute Gasteiger partial charge is 0.127 e. The molecule has 1 unspecified atom stereocenters. The fourth-order valence-electron chi connectivity index (χ4n) is 2.39. The third-order valence-corrected chi connectivity index (χ3v) is 3.44. The average Bonchev–Trinajstić information content (AvgIpc) is 2.66. The molecule has 0 aromatic heterocycles. The van der Waals surface area contributed by atoms with Crippen molar-refractivity contribution in [3.63, 3.8) is 0 Å². The van der Waals surface area contributed by atoms with E-state index in [-0.39, 0.29) is 23.6 Å². The van der Waals surface area contributed by atoms with Crippen molar-refractivity contribution in [2.75, 3.05) is 6.61 Å². The molecule has 2 N–H and O–H groups in total. The fourth-order valence-corrected chi connectivity index (χ4v) is 2.39. The number of hydrogen-bond donors (Lipinski definition) is 1. The van der Waals surface area contributed by atoms with Gasteiger partial charge in [0.15, 0.2) is 0 Å². The highest BCUT2D eigenvalue weighted by atomic mass is 19.1. The molecule has 1 aliphatic heterocycles. The van der Waals surface area contributed by atoms with Crippen LogP contribution in [0.2, 0.25) is 0 Å². The lowest BCUT2D eigenvalue weighted by Gasteiger charge is -2.20. The molecule has 1 saturated heterocycles. The number of nitrogens with two attached hydrogens (primary N) is 1. The number of hydrogen-bond acceptors (Lipinski definition) is 3. The molecule has 0 bridgehead atoms. The fraction of sp³-hybridized carbons (Fsp3) is 0.600. The maximum Gasteiger partial charge on any atom is 0.127 e. The van der Waals surface area contributed by atoms with Crippen LogP contribution >= 0.6 is 0 Å². The Morgan fingerprint density at radius 3 is 2.84 bits per heavy atom. The van der Waals surface area contributed by atoms with Gasteiger partial charge in [-0.15, -0.1) is 0 Å². The molecule has 0 amide bonds. The predicted octanol–water partition coefficient (Wildman–Crippen LogP) is 3.18. The van der Waals surface area contributed by atoms with E-state index in [0.717, 1.165) is 18.4 Å². The number of halogens is 1. The van der Waals surface area contributed by atoms with Crippen LogP contribution in [0.4, 0.5) is 4.39 Å². The van der Waals surface area contributed by atoms with Gasteiger partial charge < -0.3 is 15.2 Å². The highest BCUT2D eigenvalue weighted by Gasteiger charge is 2.32. The normalized spacial score (nSPS) is 23.3. The van der Waals surface area contributed by atoms with Gasteiger partial charge >= 0.3 is 0 Å². The van der Waals surface area contributed by atoms with Crippen LogP contribution in [0.15, 0.2) is 18.2 Å². The van der Waals surface area contributed by atoms with E-state index >= 15 is 0 Å². The Labute approximate surface area is 113 Å². The van der Waals surface area contributed by atoms with Crippen molar-refractivity contribution >= 4 is 0 Å². The van der Waals surface area contributed by atoms with Gasteiger partial charge in [0.05, 0.1) is 11.7 Å². The van der Waals surface area contributed by atoms with Gasteiger partial charge in [-0.1, -0.05) is 6.07 Å². The summed E-state index contributed by atoms with van der Waals surface area (Å²) in [7, 11) is 0. The highest BCUT2D eigenvalue weighted by molar-refractivity contribution is 5.36. The van der Waals surface area contributed by atoms with Crippen molar-refractivity contribution in [2.24, 2.45) is 5.73 Å². The van der Waals surface area contributed by atoms with Gasteiger partial charge in [-0.05, 0) is 39.7 Å². The Morgan fingerprint density at radius 1 is 1.53 bits per heavy atom. The molecule has 1 aliphatic rings. The molecule has 1 aromatic carbocycles. The molecule has 0 saturated carbocycles. The molecule has 0 radical (unpaired) electrons. The van der Waals surface area contributed by atoms with E-state index < -0.39 is 0 Å². The summed E-state index contributed by atoms with van der Waals surface area (Å²) in [5.41, 5.74) is 6.59. The van der Waals surface area contributed by atoms with Crippen LogP contribution in [-0.4, -0.2) is 18.3 Å². The van der Waals surface area contributed by atoms with E-state index in [9.17, 15) is 4.39 Å². The zero-order valence-electron chi connectivity index (χ0n) is 11.8. The van der Waals surface area contributed by atoms with Gasteiger partial charge in [-0.3, -0.25) is 0 Å². The summed E-state index contributed by atoms with van der Waals surface area (Å²) < 4.78 is 24.8. The molecule has 1 heterocycles. The van der Waals surface area contributed by atoms with Crippen LogP contribution in [0.25, 0.3) is 0 Å². The Hall–Kier alpha value is -1.13. The zero-order chi connectivity index (χ0) is 14.0. The maximum atomic E-state index is 13.3. The first-order chi connectivity index (χ1) is 8.87. The van der Waals surface area contributed by atoms with Crippen LogP contribution in [-0.2, 0) is 4.74 Å². The first kappa shape index (κ1) is 14.3. The molecule has 2 atom stereocenters. The molecule has 2 rings (SSSR count). The van der Waals surface area contributed by atoms with Crippen molar-refractivity contribution < 1.29 is 13.9 Å². The largest absolute Gasteiger partial charge is 0.490 e. The topological polar surface area (TPSA) is 44.5 Å². The molecule has 1 fully saturated rings. The third kappa shape index (κ3) is 3.67. The molecule has 19 heavy (non-hydrogen) atoms. The van der Waals surface area contributed by atoms with E-state index in [1.807, 2.05) is 6.92 Å². The lowest BCUT2D eigenvalue weighted by molar-refractivity contribution is -0.0328. The Morgan fingerprint density at radius 2 is 2.26 bits per heavy atom. The van der Waals surface area contributed by atoms with Crippen molar-refractivity contribution in [3.8, 4) is 5.75 Å². The molecule has 3 nitrogen and oxygen atoms in total. The van der Waals surface area contributed by atoms with Crippen LogP contribution in [0.5, 0.6) is 5.75 Å². The number of ether oxygens (including phenoxy) is 2. The molecule has 1 aromatic rings. The average molecular weight is 267 g/mol. The van der Waals surface area contributed by atoms with Gasteiger partial charge in [0.1, 0.15) is 18.2 Å². The zero-order valence-corrected chi connectivity index (χ0v) is 11.8. The van der Waals surface area contributed by atoms with Crippen LogP contribution in [0, 0.1) is 5.82 Å². The van der Waals surface area contributed by atoms with Gasteiger partial charge in [-0.25, -0.2) is 4.39 Å². The summed E-state index contributed by atoms with van der Waals surface area (Å²) in [5, 5.41) is 0. The number of benzene rings is 1. The van der Waals surface area contributed by atoms with Crippen LogP contribution in [0.3, 0.4) is 0 Å². The quantitative estimate of drug-likeness (QED) is 0.911. The molecular formula is C15H22FNO2. The monoisotopic (exact) mass is 267 g/mol. The maximum absolute atomic E-state index is 13.3. The Bertz CT molecular complexity index is 446. The van der Waals surface area contributed by atoms with E-state index in [1.165, 1.54) is 12.1 Å². The molecule has 0 aliphatic carbocycles. The first-order valence-corrected chi connectivity index (χ1v) is 6.73. The SMILES string of the molecule is C[C@@H](N)c1ccc(F)cc1OCC1CCC(C)(C)O1. The minimum absolute atomic E-state index is 0.0687. The van der Waals surface area contributed by atoms with E-state index in [1.54, 1.807) is 6.07 Å². The van der Waals surface area contributed by atoms with E-state index in [2.05, 4.69) is 13.8 Å². The minimum Gasteiger partial charge on any atom is -0.490 e. The van der Waals surface area contributed by atoms with Crippen molar-refractivity contribution in [1.29, 1.82) is 0 Å². The van der Waals surface area contributed by atoms with Crippen LogP contribution < -0.4 is 10.5 Å². The van der Waals surface area contributed by atoms with Crippen LogP contribution in [0.1, 0.15) is 45.2 Å². The summed E-state index contributed by atoms with van der Waals surface area (Å²) in [6.07, 6.45) is 2.05. The lowest BCUT2D eigenvalue weighted by atomic mass is 10.1. The van der Waals surface area contributed by atoms with Gasteiger partial charge in [0.2, 0.25) is 0 Å². The molecule has 106 valence electrons. The van der Waals surface area contributed by atoms with Gasteiger partial charge in [0.25, 0.3) is 0 Å². The lowest BCUT2D eigenvalue weighted by Crippen LogP contribution is -2.24. The first-order valence-electron chi connectivity index (χ1n) is 6.73. The summed E-state index contributed by atoms with van der Waals surface area (Å²) in [4.78, 5) is 0. The second kappa shape index (κ2) is 5.47. The van der Waals surface area contributed by atoms with Crippen molar-refractivity contribution in [3.05, 3.63) is 29.6 Å². The van der Waals surface area contributed by atoms with E-state index in [4.69, 9.17) is 15.2 Å². The summed E-state index contributed by atoms with van der Waals surface area (Å²) in [5.74, 6) is 0.204. The minimum atomic E-state index is -0.313. The highest BCUT2D eigenvalue weighted by Crippen LogP contribution is 2.31. The number of rotatable bonds is 4. The third-order valence-electron chi connectivity index (χ3n) is 3.44. The second-order valence-corrected chi connectivity index (χ2v) is 5.82. The van der Waals surface area contributed by atoms with Gasteiger partial charge in [0, 0.05) is 17.7 Å². The van der Waals surface area contributed by atoms with Gasteiger partial charge in [-0.2, -0.15) is 0 Å². The Balaban J connectivity index is 2.01. The molecule has 4 heteroatoms. The summed E-state index contributed by atoms with van der Waals surface area (Å²) >= 11 is 0. The standard InChI is InChI=1S/C15H22FNO2/c1-10(17)13-5-4-11(16)8-14(13)18-9-12-6-7-15(2,3)19-12/h4-5,8,10,12H,6-7,9,17H2,1-3H3/t10-,12?/m1/s1. The summed E-state index contributed by atoms with van der Waals surface area (Å²) in [6, 6.07) is 4.28. The predicted molar refractivity (Wildman–Crippen MR) is 72.7 cm³/mol. The molecular weight excluding hydrogens is 245 g/mol. The Kier molecular flexibility index (Phi) is 4.11. The van der Waals surface area contributed by atoms with Crippen molar-refractivity contribution in [2.45, 2.75) is 51.4 Å². The van der Waals surface area contributed by atoms with E-state index in [0.29, 0.717) is 12.4 Å².